The molecule has 0 radical (unpaired) electrons. The van der Waals surface area contributed by atoms with E-state index < -0.39 is 30.4 Å². The second-order valence-electron chi connectivity index (χ2n) is 8.30. The molecule has 1 aliphatic heterocycles. The topological polar surface area (TPSA) is 18.5 Å². The maximum Gasteiger partial charge on any atom is 0.403 e. The number of hydrogen-bond donors (Lipinski definition) is 0. The first-order valence-corrected chi connectivity index (χ1v) is 21.2. The minimum absolute atomic E-state index is 0.105. The number of halogens is 1. The third-order valence-electron chi connectivity index (χ3n) is 4.15. The van der Waals surface area contributed by atoms with E-state index in [9.17, 15) is 0 Å². The van der Waals surface area contributed by atoms with Crippen LogP contribution in [0.3, 0.4) is 0 Å². The molecule has 1 rings (SSSR count). The van der Waals surface area contributed by atoms with Crippen LogP contribution in [0.15, 0.2) is 0 Å². The van der Waals surface area contributed by atoms with Crippen LogP contribution in [0.2, 0.25) is 51.9 Å². The molecule has 0 spiro atoms. The maximum absolute atomic E-state index is 7.05. The first-order chi connectivity index (χ1) is 7.62. The third-order valence-corrected chi connectivity index (χ3v) is 47.1. The molecule has 1 heterocycles. The van der Waals surface area contributed by atoms with Crippen LogP contribution in [0.25, 0.3) is 0 Å². The van der Waals surface area contributed by atoms with Crippen LogP contribution in [0.1, 0.15) is 13.8 Å². The van der Waals surface area contributed by atoms with Gasteiger partial charge in [-0.2, -0.15) is 0 Å². The van der Waals surface area contributed by atoms with Crippen LogP contribution in [-0.2, 0) is 8.54 Å². The van der Waals surface area contributed by atoms with Crippen LogP contribution < -0.4 is 0 Å². The quantitative estimate of drug-likeness (QED) is 0.548. The van der Waals surface area contributed by atoms with Crippen molar-refractivity contribution in [1.29, 1.82) is 0 Å². The molecule has 1 fully saturated rings. The molecule has 2 nitrogen and oxygen atoms in total. The Labute approximate surface area is 121 Å². The second-order valence-corrected chi connectivity index (χ2v) is 39.5. The fourth-order valence-corrected chi connectivity index (χ4v) is 42.9. The molecule has 1 aliphatic rings. The zero-order valence-corrected chi connectivity index (χ0v) is 18.2. The molecule has 0 aliphatic carbocycles. The average Bonchev–Trinajstić information content (AvgIpc) is 1.92. The summed E-state index contributed by atoms with van der Waals surface area (Å²) in [7, 11) is -7.19. The Morgan fingerprint density at radius 1 is 1.11 bits per heavy atom. The van der Waals surface area contributed by atoms with Gasteiger partial charge in [0, 0.05) is 7.59 Å². The largest absolute Gasteiger partial charge is 0.428 e. The lowest BCUT2D eigenvalue weighted by Gasteiger charge is -2.57. The van der Waals surface area contributed by atoms with Gasteiger partial charge >= 0.3 is 7.39 Å². The molecule has 1 saturated heterocycles. The van der Waals surface area contributed by atoms with Crippen molar-refractivity contribution in [1.82, 2.24) is 0 Å². The molecule has 0 saturated carbocycles. The molecule has 0 bridgehead atoms. The van der Waals surface area contributed by atoms with Gasteiger partial charge in [-0.15, -0.1) is 11.1 Å². The first-order valence-electron chi connectivity index (χ1n) is 6.71. The lowest BCUT2D eigenvalue weighted by Crippen LogP contribution is -2.80. The Balaban J connectivity index is 3.22. The normalized spacial score (nSPS) is 34.3. The van der Waals surface area contributed by atoms with Crippen molar-refractivity contribution in [3.63, 3.8) is 0 Å². The molecular weight excluding hydrogens is 312 g/mol. The Morgan fingerprint density at radius 2 is 1.56 bits per heavy atom. The van der Waals surface area contributed by atoms with Crippen LogP contribution in [-0.4, -0.2) is 36.0 Å². The Kier molecular flexibility index (Phi) is 4.32. The molecule has 0 aromatic heterocycles. The zero-order chi connectivity index (χ0) is 14.6. The summed E-state index contributed by atoms with van der Waals surface area (Å²) in [6.07, 6.45) is 0. The molecule has 0 N–H and O–H groups in total. The van der Waals surface area contributed by atoms with Gasteiger partial charge in [0.15, 0.2) is 8.32 Å². The minimum Gasteiger partial charge on any atom is -0.428 e. The van der Waals surface area contributed by atoms with Gasteiger partial charge in [0.05, 0.1) is 5.60 Å². The fourth-order valence-electron chi connectivity index (χ4n) is 2.75. The summed E-state index contributed by atoms with van der Waals surface area (Å²) in [6, 6.07) is 1.20. The third kappa shape index (κ3) is 3.21. The standard InChI is InChI=1S/C11H29ClO2Si4/c1-11(2)10-16(6,7)17(8,9)18(12,13-11)14-15(3,4)5/h10H2,1-9H3. The summed E-state index contributed by atoms with van der Waals surface area (Å²) in [6.45, 7) is 20.8. The predicted octanol–water partition coefficient (Wildman–Crippen LogP) is 4.40. The van der Waals surface area contributed by atoms with Gasteiger partial charge < -0.3 is 8.54 Å². The van der Waals surface area contributed by atoms with Gasteiger partial charge in [0.2, 0.25) is 0 Å². The van der Waals surface area contributed by atoms with Crippen LogP contribution in [0, 0.1) is 0 Å². The highest BCUT2D eigenvalue weighted by Gasteiger charge is 2.67. The molecule has 108 valence electrons. The van der Waals surface area contributed by atoms with Crippen LogP contribution >= 0.6 is 11.1 Å². The predicted molar refractivity (Wildman–Crippen MR) is 91.0 cm³/mol. The van der Waals surface area contributed by atoms with E-state index in [4.69, 9.17) is 19.6 Å². The van der Waals surface area contributed by atoms with E-state index in [1.165, 1.54) is 6.04 Å². The highest BCUT2D eigenvalue weighted by Crippen LogP contribution is 2.46. The Hall–Kier alpha value is 1.08. The van der Waals surface area contributed by atoms with Gasteiger partial charge in [-0.3, -0.25) is 0 Å². The van der Waals surface area contributed by atoms with E-state index in [0.29, 0.717) is 0 Å². The van der Waals surface area contributed by atoms with Crippen molar-refractivity contribution in [2.24, 2.45) is 0 Å². The molecule has 7 heteroatoms. The van der Waals surface area contributed by atoms with E-state index in [1.807, 2.05) is 0 Å². The second kappa shape index (κ2) is 4.54. The van der Waals surface area contributed by atoms with E-state index in [1.54, 1.807) is 0 Å². The summed E-state index contributed by atoms with van der Waals surface area (Å²) < 4.78 is 12.9. The van der Waals surface area contributed by atoms with Crippen molar-refractivity contribution in [2.75, 3.05) is 0 Å². The van der Waals surface area contributed by atoms with Crippen LogP contribution in [0.4, 0.5) is 0 Å². The smallest absolute Gasteiger partial charge is 0.403 e. The van der Waals surface area contributed by atoms with E-state index in [0.717, 1.165) is 0 Å². The van der Waals surface area contributed by atoms with E-state index >= 15 is 0 Å². The molecule has 1 atom stereocenters. The Bertz CT molecular complexity index is 334. The van der Waals surface area contributed by atoms with E-state index in [-0.39, 0.29) is 5.60 Å². The van der Waals surface area contributed by atoms with Crippen molar-refractivity contribution >= 4 is 41.5 Å². The van der Waals surface area contributed by atoms with Gasteiger partial charge in [-0.25, -0.2) is 0 Å². The Morgan fingerprint density at radius 3 is 1.94 bits per heavy atom. The summed E-state index contributed by atoms with van der Waals surface area (Å²) >= 11 is 7.05. The molecule has 0 aromatic carbocycles. The van der Waals surface area contributed by atoms with Gasteiger partial charge in [0.25, 0.3) is 0 Å². The van der Waals surface area contributed by atoms with Gasteiger partial charge in [-0.05, 0) is 39.5 Å². The lowest BCUT2D eigenvalue weighted by molar-refractivity contribution is 0.102. The highest BCUT2D eigenvalue weighted by molar-refractivity contribution is 7.75. The first kappa shape index (κ1) is 17.1. The average molecular weight is 341 g/mol. The maximum atomic E-state index is 7.05. The van der Waals surface area contributed by atoms with Crippen molar-refractivity contribution in [3.8, 4) is 0 Å². The molecule has 1 unspecified atom stereocenters. The number of hydrogen-bond acceptors (Lipinski definition) is 2. The van der Waals surface area contributed by atoms with Gasteiger partial charge in [-0.1, -0.05) is 26.2 Å². The monoisotopic (exact) mass is 340 g/mol. The van der Waals surface area contributed by atoms with Crippen molar-refractivity contribution in [2.45, 2.75) is 71.3 Å². The lowest BCUT2D eigenvalue weighted by atomic mass is 10.2. The van der Waals surface area contributed by atoms with Crippen molar-refractivity contribution in [3.05, 3.63) is 0 Å². The van der Waals surface area contributed by atoms with E-state index in [2.05, 4.69) is 59.7 Å². The van der Waals surface area contributed by atoms with Crippen LogP contribution in [0.5, 0.6) is 0 Å². The summed E-state index contributed by atoms with van der Waals surface area (Å²) in [5.74, 6) is 0. The summed E-state index contributed by atoms with van der Waals surface area (Å²) in [5.41, 5.74) is -0.105. The SMILES string of the molecule is CC1(C)C[Si](C)(C)[Si](C)(C)[Si](Cl)(O[Si](C)(C)C)O1. The summed E-state index contributed by atoms with van der Waals surface area (Å²) in [5, 5.41) is 0. The highest BCUT2D eigenvalue weighted by atomic mass is 35.6. The molecular formula is C11H29ClO2Si4. The number of rotatable bonds is 2. The zero-order valence-electron chi connectivity index (χ0n) is 13.4. The minimum atomic E-state index is -2.54. The molecule has 18 heavy (non-hydrogen) atoms. The fraction of sp³-hybridized carbons (Fsp3) is 1.00. The molecule has 0 amide bonds. The molecule has 0 aromatic rings. The van der Waals surface area contributed by atoms with Gasteiger partial charge in [0.1, 0.15) is 7.11 Å². The summed E-state index contributed by atoms with van der Waals surface area (Å²) in [4.78, 5) is 0. The van der Waals surface area contributed by atoms with Crippen molar-refractivity contribution < 1.29 is 8.54 Å².